The van der Waals surface area contributed by atoms with Gasteiger partial charge in [-0.2, -0.15) is 0 Å². The summed E-state index contributed by atoms with van der Waals surface area (Å²) in [6.07, 6.45) is -0.953. The lowest BCUT2D eigenvalue weighted by Crippen LogP contribution is -2.46. The van der Waals surface area contributed by atoms with Gasteiger partial charge in [0.1, 0.15) is 0 Å². The molecule has 3 amide bonds. The Balaban J connectivity index is 2.81. The Kier molecular flexibility index (Phi) is 12.1. The van der Waals surface area contributed by atoms with E-state index in [4.69, 9.17) is 0 Å². The van der Waals surface area contributed by atoms with Crippen LogP contribution in [0.15, 0.2) is 18.2 Å². The van der Waals surface area contributed by atoms with Crippen LogP contribution in [0.2, 0.25) is 0 Å². The topological polar surface area (TPSA) is 119 Å². The van der Waals surface area contributed by atoms with Gasteiger partial charge in [0, 0.05) is 37.3 Å². The van der Waals surface area contributed by atoms with Gasteiger partial charge in [-0.1, -0.05) is 34.6 Å². The maximum atomic E-state index is 12.9. The Hall–Kier alpha value is -2.45. The molecule has 0 aliphatic carbocycles. The van der Waals surface area contributed by atoms with E-state index in [-0.39, 0.29) is 24.3 Å². The van der Waals surface area contributed by atoms with Crippen LogP contribution in [0.5, 0.6) is 0 Å². The Bertz CT molecular complexity index is 790. The molecule has 0 saturated carbocycles. The summed E-state index contributed by atoms with van der Waals surface area (Å²) in [5, 5.41) is 25.9. The van der Waals surface area contributed by atoms with Gasteiger partial charge in [0.2, 0.25) is 5.91 Å². The number of hydrogen-bond donors (Lipinski definition) is 4. The number of rotatable bonds is 13. The van der Waals surface area contributed by atoms with Crippen LogP contribution in [-0.2, 0) is 4.79 Å². The summed E-state index contributed by atoms with van der Waals surface area (Å²) >= 11 is 0. The molecule has 0 aliphatic rings. The molecule has 8 nitrogen and oxygen atoms in total. The molecule has 0 bridgehead atoms. The molecule has 1 aromatic carbocycles. The van der Waals surface area contributed by atoms with Gasteiger partial charge < -0.3 is 25.7 Å². The standard InChI is InChI=1S/C25H41N3O5/c1-7-9-28(10-8-2)25(33)20-12-17(5)11-19(13-20)24(32)27-15-21(29)22(30)18(6)23(31)26-14-16(3)4/h11-13,16,18,21-22,29-30H,7-10,14-15H2,1-6H3,(H,26,31)(H,27,32). The first-order valence-corrected chi connectivity index (χ1v) is 11.8. The number of carbonyl (C=O) groups is 3. The number of aryl methyl sites for hydroxylation is 1. The highest BCUT2D eigenvalue weighted by Crippen LogP contribution is 2.14. The third kappa shape index (κ3) is 9.14. The molecule has 33 heavy (non-hydrogen) atoms. The summed E-state index contributed by atoms with van der Waals surface area (Å²) in [6, 6.07) is 4.97. The highest BCUT2D eigenvalue weighted by atomic mass is 16.3. The first kappa shape index (κ1) is 28.6. The van der Waals surface area contributed by atoms with E-state index in [1.54, 1.807) is 23.1 Å². The summed E-state index contributed by atoms with van der Waals surface area (Å²) in [4.78, 5) is 39.5. The third-order valence-electron chi connectivity index (χ3n) is 5.34. The molecule has 0 aromatic heterocycles. The molecule has 8 heteroatoms. The Morgan fingerprint density at radius 2 is 1.48 bits per heavy atom. The van der Waals surface area contributed by atoms with Gasteiger partial charge in [-0.3, -0.25) is 14.4 Å². The van der Waals surface area contributed by atoms with E-state index in [0.29, 0.717) is 30.8 Å². The fourth-order valence-electron chi connectivity index (χ4n) is 3.45. The molecular formula is C25H41N3O5. The number of aliphatic hydroxyl groups is 2. The summed E-state index contributed by atoms with van der Waals surface area (Å²) in [7, 11) is 0. The Morgan fingerprint density at radius 1 is 0.909 bits per heavy atom. The lowest BCUT2D eigenvalue weighted by atomic mass is 9.98. The van der Waals surface area contributed by atoms with Gasteiger partial charge in [0.05, 0.1) is 18.1 Å². The number of carbonyl (C=O) groups excluding carboxylic acids is 3. The second kappa shape index (κ2) is 14.0. The first-order valence-electron chi connectivity index (χ1n) is 11.8. The van der Waals surface area contributed by atoms with Crippen molar-refractivity contribution < 1.29 is 24.6 Å². The predicted molar refractivity (Wildman–Crippen MR) is 129 cm³/mol. The molecule has 0 saturated heterocycles. The van der Waals surface area contributed by atoms with Crippen LogP contribution in [-0.4, -0.2) is 71.2 Å². The minimum atomic E-state index is -1.33. The monoisotopic (exact) mass is 463 g/mol. The van der Waals surface area contributed by atoms with Gasteiger partial charge in [-0.15, -0.1) is 0 Å². The SMILES string of the molecule is CCCN(CCC)C(=O)c1cc(C)cc(C(=O)NCC(O)C(O)C(C)C(=O)NCC(C)C)c1. The average molecular weight is 464 g/mol. The van der Waals surface area contributed by atoms with Crippen molar-refractivity contribution in [2.24, 2.45) is 11.8 Å². The van der Waals surface area contributed by atoms with E-state index < -0.39 is 24.0 Å². The molecule has 0 aliphatic heterocycles. The molecule has 186 valence electrons. The van der Waals surface area contributed by atoms with Crippen molar-refractivity contribution in [1.29, 1.82) is 0 Å². The van der Waals surface area contributed by atoms with Crippen LogP contribution in [0, 0.1) is 18.8 Å². The molecule has 0 spiro atoms. The molecule has 1 aromatic rings. The van der Waals surface area contributed by atoms with Crippen molar-refractivity contribution in [2.45, 2.75) is 66.6 Å². The normalized spacial score (nSPS) is 13.8. The van der Waals surface area contributed by atoms with Gasteiger partial charge >= 0.3 is 0 Å². The van der Waals surface area contributed by atoms with Crippen LogP contribution in [0.25, 0.3) is 0 Å². The van der Waals surface area contributed by atoms with Crippen molar-refractivity contribution in [3.63, 3.8) is 0 Å². The van der Waals surface area contributed by atoms with Gasteiger partial charge in [-0.05, 0) is 49.4 Å². The quantitative estimate of drug-likeness (QED) is 0.357. The number of aliphatic hydroxyl groups excluding tert-OH is 2. The number of benzene rings is 1. The number of amides is 3. The van der Waals surface area contributed by atoms with E-state index in [1.165, 1.54) is 6.92 Å². The van der Waals surface area contributed by atoms with E-state index in [9.17, 15) is 24.6 Å². The molecular weight excluding hydrogens is 422 g/mol. The Morgan fingerprint density at radius 3 is 2.03 bits per heavy atom. The largest absolute Gasteiger partial charge is 0.390 e. The second-order valence-electron chi connectivity index (χ2n) is 9.08. The molecule has 0 fully saturated rings. The summed E-state index contributed by atoms with van der Waals surface area (Å²) in [5.41, 5.74) is 1.52. The van der Waals surface area contributed by atoms with Crippen LogP contribution >= 0.6 is 0 Å². The fourth-order valence-corrected chi connectivity index (χ4v) is 3.45. The number of nitrogens with one attached hydrogen (secondary N) is 2. The zero-order valence-corrected chi connectivity index (χ0v) is 20.9. The molecule has 1 rings (SSSR count). The lowest BCUT2D eigenvalue weighted by Gasteiger charge is -2.24. The summed E-state index contributed by atoms with van der Waals surface area (Å²) < 4.78 is 0. The minimum Gasteiger partial charge on any atom is -0.390 e. The molecule has 0 heterocycles. The van der Waals surface area contributed by atoms with Crippen LogP contribution in [0.4, 0.5) is 0 Å². The highest BCUT2D eigenvalue weighted by molar-refractivity contribution is 6.00. The fraction of sp³-hybridized carbons (Fsp3) is 0.640. The second-order valence-corrected chi connectivity index (χ2v) is 9.08. The lowest BCUT2D eigenvalue weighted by molar-refractivity contribution is -0.131. The first-order chi connectivity index (χ1) is 15.5. The van der Waals surface area contributed by atoms with Crippen LogP contribution in [0.1, 0.15) is 73.7 Å². The van der Waals surface area contributed by atoms with Crippen molar-refractivity contribution in [2.75, 3.05) is 26.2 Å². The van der Waals surface area contributed by atoms with E-state index in [2.05, 4.69) is 10.6 Å². The predicted octanol–water partition coefficient (Wildman–Crippen LogP) is 2.12. The van der Waals surface area contributed by atoms with Crippen LogP contribution in [0.3, 0.4) is 0 Å². The smallest absolute Gasteiger partial charge is 0.253 e. The molecule has 4 N–H and O–H groups in total. The van der Waals surface area contributed by atoms with Gasteiger partial charge in [-0.25, -0.2) is 0 Å². The zero-order chi connectivity index (χ0) is 25.1. The molecule has 3 atom stereocenters. The highest BCUT2D eigenvalue weighted by Gasteiger charge is 2.28. The maximum absolute atomic E-state index is 12.9. The Labute approximate surface area is 197 Å². The maximum Gasteiger partial charge on any atom is 0.253 e. The van der Waals surface area contributed by atoms with Crippen LogP contribution < -0.4 is 10.6 Å². The van der Waals surface area contributed by atoms with Gasteiger partial charge in [0.15, 0.2) is 0 Å². The van der Waals surface area contributed by atoms with E-state index in [1.807, 2.05) is 34.6 Å². The van der Waals surface area contributed by atoms with Gasteiger partial charge in [0.25, 0.3) is 11.8 Å². The van der Waals surface area contributed by atoms with Crippen molar-refractivity contribution in [3.05, 3.63) is 34.9 Å². The van der Waals surface area contributed by atoms with Crippen molar-refractivity contribution >= 4 is 17.7 Å². The van der Waals surface area contributed by atoms with Crippen molar-refractivity contribution in [1.82, 2.24) is 15.5 Å². The molecule has 0 radical (unpaired) electrons. The number of hydrogen-bond acceptors (Lipinski definition) is 5. The van der Waals surface area contributed by atoms with Crippen molar-refractivity contribution in [3.8, 4) is 0 Å². The summed E-state index contributed by atoms with van der Waals surface area (Å²) in [5.74, 6) is -1.50. The molecule has 3 unspecified atom stereocenters. The van der Waals surface area contributed by atoms with E-state index >= 15 is 0 Å². The third-order valence-corrected chi connectivity index (χ3v) is 5.34. The minimum absolute atomic E-state index is 0.117. The summed E-state index contributed by atoms with van der Waals surface area (Å²) in [6.45, 7) is 12.8. The number of nitrogens with zero attached hydrogens (tertiary/aromatic N) is 1. The van der Waals surface area contributed by atoms with E-state index in [0.717, 1.165) is 18.4 Å². The zero-order valence-electron chi connectivity index (χ0n) is 20.9. The average Bonchev–Trinajstić information content (AvgIpc) is 2.78.